The Balaban J connectivity index is 2.27. The lowest BCUT2D eigenvalue weighted by atomic mass is 9.98. The van der Waals surface area contributed by atoms with E-state index in [1.165, 1.54) is 0 Å². The molecule has 1 aliphatic rings. The maximum atomic E-state index is 11.7. The van der Waals surface area contributed by atoms with Gasteiger partial charge in [0.05, 0.1) is 5.75 Å². The number of benzene rings is 1. The molecule has 16 heavy (non-hydrogen) atoms. The summed E-state index contributed by atoms with van der Waals surface area (Å²) in [5.41, 5.74) is 7.36. The molecule has 0 unspecified atom stereocenters. The first-order chi connectivity index (χ1) is 7.47. The van der Waals surface area contributed by atoms with Gasteiger partial charge in [0.1, 0.15) is 0 Å². The molecular formula is C12H17NO2S. The van der Waals surface area contributed by atoms with E-state index in [0.29, 0.717) is 5.69 Å². The molecule has 0 aromatic heterocycles. The van der Waals surface area contributed by atoms with Crippen LogP contribution in [0.3, 0.4) is 0 Å². The molecule has 0 radical (unpaired) electrons. The average Bonchev–Trinajstić information content (AvgIpc) is 2.98. The maximum Gasteiger partial charge on any atom is 0.150 e. The highest BCUT2D eigenvalue weighted by Crippen LogP contribution is 2.49. The maximum absolute atomic E-state index is 11.7. The fraction of sp³-hybridized carbons (Fsp3) is 0.500. The van der Waals surface area contributed by atoms with Crippen molar-refractivity contribution < 1.29 is 8.42 Å². The van der Waals surface area contributed by atoms with Crippen molar-refractivity contribution in [2.45, 2.75) is 25.2 Å². The molecule has 2 rings (SSSR count). The van der Waals surface area contributed by atoms with Crippen LogP contribution in [-0.2, 0) is 15.3 Å². The molecule has 1 aromatic rings. The lowest BCUT2D eigenvalue weighted by Gasteiger charge is -2.15. The molecule has 0 heterocycles. The Morgan fingerprint density at radius 2 is 2.06 bits per heavy atom. The van der Waals surface area contributed by atoms with Crippen molar-refractivity contribution in [3.63, 3.8) is 0 Å². The second-order valence-corrected chi connectivity index (χ2v) is 6.94. The molecule has 0 atom stereocenters. The van der Waals surface area contributed by atoms with Crippen molar-refractivity contribution in [2.24, 2.45) is 0 Å². The van der Waals surface area contributed by atoms with Gasteiger partial charge in [0.25, 0.3) is 0 Å². The van der Waals surface area contributed by atoms with E-state index < -0.39 is 9.84 Å². The molecule has 88 valence electrons. The highest BCUT2D eigenvalue weighted by molar-refractivity contribution is 7.91. The van der Waals surface area contributed by atoms with Gasteiger partial charge in [-0.1, -0.05) is 19.1 Å². The second-order valence-electron chi connectivity index (χ2n) is 4.58. The highest BCUT2D eigenvalue weighted by atomic mass is 32.2. The van der Waals surface area contributed by atoms with Crippen LogP contribution in [0.5, 0.6) is 0 Å². The fourth-order valence-electron chi connectivity index (χ4n) is 2.06. The molecule has 1 aromatic carbocycles. The number of sulfone groups is 1. The summed E-state index contributed by atoms with van der Waals surface area (Å²) in [7, 11) is -2.92. The zero-order valence-corrected chi connectivity index (χ0v) is 10.3. The van der Waals surface area contributed by atoms with Crippen molar-refractivity contribution in [1.29, 1.82) is 0 Å². The summed E-state index contributed by atoms with van der Waals surface area (Å²) >= 11 is 0. The van der Waals surface area contributed by atoms with Gasteiger partial charge in [0, 0.05) is 16.9 Å². The van der Waals surface area contributed by atoms with Crippen LogP contribution in [0.2, 0.25) is 0 Å². The summed E-state index contributed by atoms with van der Waals surface area (Å²) in [6.45, 7) is 1.70. The van der Waals surface area contributed by atoms with E-state index in [0.717, 1.165) is 18.4 Å². The Kier molecular flexibility index (Phi) is 2.70. The SMILES string of the molecule is CCS(=O)(=O)CC1(c2cccc(N)c2)CC1. The van der Waals surface area contributed by atoms with Gasteiger partial charge in [-0.25, -0.2) is 8.42 Å². The minimum Gasteiger partial charge on any atom is -0.399 e. The van der Waals surface area contributed by atoms with E-state index in [1.54, 1.807) is 6.92 Å². The van der Waals surface area contributed by atoms with E-state index in [4.69, 9.17) is 5.73 Å². The number of anilines is 1. The third kappa shape index (κ3) is 2.21. The molecule has 0 aliphatic heterocycles. The molecule has 0 amide bonds. The lowest BCUT2D eigenvalue weighted by Crippen LogP contribution is -2.22. The van der Waals surface area contributed by atoms with Gasteiger partial charge in [0.2, 0.25) is 0 Å². The molecule has 0 saturated heterocycles. The quantitative estimate of drug-likeness (QED) is 0.814. The molecule has 0 bridgehead atoms. The number of rotatable bonds is 4. The molecular weight excluding hydrogens is 222 g/mol. The van der Waals surface area contributed by atoms with Crippen molar-refractivity contribution in [2.75, 3.05) is 17.2 Å². The summed E-state index contributed by atoms with van der Waals surface area (Å²) < 4.78 is 23.4. The zero-order valence-electron chi connectivity index (χ0n) is 9.44. The minimum absolute atomic E-state index is 0.149. The third-order valence-electron chi connectivity index (χ3n) is 3.29. The van der Waals surface area contributed by atoms with Crippen molar-refractivity contribution >= 4 is 15.5 Å². The largest absolute Gasteiger partial charge is 0.399 e. The molecule has 2 N–H and O–H groups in total. The molecule has 4 heteroatoms. The van der Waals surface area contributed by atoms with E-state index in [9.17, 15) is 8.42 Å². The van der Waals surface area contributed by atoms with Crippen molar-refractivity contribution in [3.05, 3.63) is 29.8 Å². The Bertz CT molecular complexity index is 489. The van der Waals surface area contributed by atoms with Gasteiger partial charge < -0.3 is 5.73 Å². The van der Waals surface area contributed by atoms with Gasteiger partial charge in [-0.05, 0) is 30.5 Å². The Morgan fingerprint density at radius 3 is 2.56 bits per heavy atom. The summed E-state index contributed by atoms with van der Waals surface area (Å²) in [5.74, 6) is 0.483. The van der Waals surface area contributed by atoms with E-state index in [2.05, 4.69) is 0 Å². The van der Waals surface area contributed by atoms with Crippen LogP contribution in [-0.4, -0.2) is 19.9 Å². The monoisotopic (exact) mass is 239 g/mol. The van der Waals surface area contributed by atoms with Crippen LogP contribution in [0.15, 0.2) is 24.3 Å². The van der Waals surface area contributed by atoms with Gasteiger partial charge in [-0.3, -0.25) is 0 Å². The van der Waals surface area contributed by atoms with Crippen LogP contribution in [0, 0.1) is 0 Å². The molecule has 0 spiro atoms. The smallest absolute Gasteiger partial charge is 0.150 e. The lowest BCUT2D eigenvalue weighted by molar-refractivity contribution is 0.587. The van der Waals surface area contributed by atoms with E-state index in [1.807, 2.05) is 24.3 Å². The second kappa shape index (κ2) is 3.77. The van der Waals surface area contributed by atoms with E-state index >= 15 is 0 Å². The number of nitrogen functional groups attached to an aromatic ring is 1. The van der Waals surface area contributed by atoms with Crippen LogP contribution < -0.4 is 5.73 Å². The average molecular weight is 239 g/mol. The molecule has 1 saturated carbocycles. The fourth-order valence-corrected chi connectivity index (χ4v) is 3.56. The molecule has 3 nitrogen and oxygen atoms in total. The first-order valence-electron chi connectivity index (χ1n) is 5.54. The summed E-state index contributed by atoms with van der Waals surface area (Å²) in [5, 5.41) is 0. The van der Waals surface area contributed by atoms with Gasteiger partial charge >= 0.3 is 0 Å². The molecule has 1 aliphatic carbocycles. The zero-order chi connectivity index (χ0) is 11.8. The first kappa shape index (κ1) is 11.5. The van der Waals surface area contributed by atoms with Crippen molar-refractivity contribution in [3.8, 4) is 0 Å². The topological polar surface area (TPSA) is 60.2 Å². The summed E-state index contributed by atoms with van der Waals surface area (Å²) in [6, 6.07) is 7.60. The van der Waals surface area contributed by atoms with Gasteiger partial charge in [-0.2, -0.15) is 0 Å². The molecule has 1 fully saturated rings. The van der Waals surface area contributed by atoms with Crippen LogP contribution in [0.25, 0.3) is 0 Å². The van der Waals surface area contributed by atoms with Crippen LogP contribution in [0.1, 0.15) is 25.3 Å². The predicted octanol–water partition coefficient (Wildman–Crippen LogP) is 1.74. The van der Waals surface area contributed by atoms with Crippen LogP contribution in [0.4, 0.5) is 5.69 Å². The van der Waals surface area contributed by atoms with E-state index in [-0.39, 0.29) is 16.9 Å². The predicted molar refractivity (Wildman–Crippen MR) is 66.1 cm³/mol. The highest BCUT2D eigenvalue weighted by Gasteiger charge is 2.47. The number of hydrogen-bond acceptors (Lipinski definition) is 3. The summed E-state index contributed by atoms with van der Waals surface area (Å²) in [6.07, 6.45) is 1.91. The third-order valence-corrected chi connectivity index (χ3v) is 5.16. The van der Waals surface area contributed by atoms with Gasteiger partial charge in [0.15, 0.2) is 9.84 Å². The number of nitrogens with two attached hydrogens (primary N) is 1. The Morgan fingerprint density at radius 1 is 1.38 bits per heavy atom. The Labute approximate surface area is 96.6 Å². The van der Waals surface area contributed by atoms with Crippen molar-refractivity contribution in [1.82, 2.24) is 0 Å². The Hall–Kier alpha value is -1.03. The standard InChI is InChI=1S/C12H17NO2S/c1-2-16(14,15)9-12(6-7-12)10-4-3-5-11(13)8-10/h3-5,8H,2,6-7,9,13H2,1H3. The number of hydrogen-bond donors (Lipinski definition) is 1. The first-order valence-corrected chi connectivity index (χ1v) is 7.36. The normalized spacial score (nSPS) is 18.3. The minimum atomic E-state index is -2.92. The summed E-state index contributed by atoms with van der Waals surface area (Å²) in [4.78, 5) is 0. The van der Waals surface area contributed by atoms with Crippen LogP contribution >= 0.6 is 0 Å². The van der Waals surface area contributed by atoms with Gasteiger partial charge in [-0.15, -0.1) is 0 Å².